The summed E-state index contributed by atoms with van der Waals surface area (Å²) in [6.45, 7) is 0.539. The molecule has 0 heterocycles. The summed E-state index contributed by atoms with van der Waals surface area (Å²) in [6.07, 6.45) is 0.0763. The van der Waals surface area contributed by atoms with Crippen LogP contribution in [0.2, 0.25) is 0 Å². The van der Waals surface area contributed by atoms with Crippen molar-refractivity contribution in [1.82, 2.24) is 5.32 Å². The van der Waals surface area contributed by atoms with Crippen molar-refractivity contribution in [3.63, 3.8) is 0 Å². The molecule has 1 aromatic carbocycles. The molecule has 1 atom stereocenters. The second-order valence-electron chi connectivity index (χ2n) is 3.62. The third-order valence-electron chi connectivity index (χ3n) is 2.39. The minimum Gasteiger partial charge on any atom is -0.481 e. The number of benzene rings is 1. The standard InChI is InChI=1S/C12H17NO3/c1-13-11(7-12(14)15)10-5-3-4-9(6-10)8-16-2/h3-6,11,13H,7-8H2,1-2H3,(H,14,15). The zero-order valence-corrected chi connectivity index (χ0v) is 9.56. The molecule has 0 aliphatic heterocycles. The van der Waals surface area contributed by atoms with Crippen LogP contribution in [0.25, 0.3) is 0 Å². The molecule has 0 spiro atoms. The molecular formula is C12H17NO3. The fourth-order valence-electron chi connectivity index (χ4n) is 1.63. The molecule has 4 heteroatoms. The molecule has 88 valence electrons. The van der Waals surface area contributed by atoms with E-state index in [0.29, 0.717) is 6.61 Å². The van der Waals surface area contributed by atoms with E-state index in [9.17, 15) is 4.79 Å². The second kappa shape index (κ2) is 6.25. The molecule has 0 aromatic heterocycles. The van der Waals surface area contributed by atoms with E-state index in [2.05, 4.69) is 5.32 Å². The van der Waals surface area contributed by atoms with E-state index in [1.165, 1.54) is 0 Å². The normalized spacial score (nSPS) is 12.4. The van der Waals surface area contributed by atoms with Crippen molar-refractivity contribution >= 4 is 5.97 Å². The van der Waals surface area contributed by atoms with E-state index in [-0.39, 0.29) is 12.5 Å². The number of nitrogens with one attached hydrogen (secondary N) is 1. The van der Waals surface area contributed by atoms with Gasteiger partial charge in [-0.2, -0.15) is 0 Å². The van der Waals surface area contributed by atoms with Crippen LogP contribution in [0.4, 0.5) is 0 Å². The average molecular weight is 223 g/mol. The molecule has 2 N–H and O–H groups in total. The average Bonchev–Trinajstić information content (AvgIpc) is 2.26. The number of carboxylic acids is 1. The lowest BCUT2D eigenvalue weighted by Crippen LogP contribution is -2.19. The van der Waals surface area contributed by atoms with Crippen LogP contribution >= 0.6 is 0 Å². The minimum atomic E-state index is -0.809. The number of methoxy groups -OCH3 is 1. The number of hydrogen-bond donors (Lipinski definition) is 2. The lowest BCUT2D eigenvalue weighted by Gasteiger charge is -2.15. The summed E-state index contributed by atoms with van der Waals surface area (Å²) < 4.78 is 5.04. The Labute approximate surface area is 95.2 Å². The Balaban J connectivity index is 2.83. The van der Waals surface area contributed by atoms with Crippen molar-refractivity contribution in [2.75, 3.05) is 14.2 Å². The molecule has 0 bridgehead atoms. The Morgan fingerprint density at radius 2 is 2.31 bits per heavy atom. The van der Waals surface area contributed by atoms with Crippen molar-refractivity contribution in [3.8, 4) is 0 Å². The summed E-state index contributed by atoms with van der Waals surface area (Å²) in [5.41, 5.74) is 2.02. The van der Waals surface area contributed by atoms with Gasteiger partial charge in [0.1, 0.15) is 0 Å². The van der Waals surface area contributed by atoms with Gasteiger partial charge >= 0.3 is 5.97 Å². The lowest BCUT2D eigenvalue weighted by molar-refractivity contribution is -0.137. The second-order valence-corrected chi connectivity index (χ2v) is 3.62. The number of hydrogen-bond acceptors (Lipinski definition) is 3. The summed E-state index contributed by atoms with van der Waals surface area (Å²) in [5, 5.41) is 11.8. The smallest absolute Gasteiger partial charge is 0.305 e. The van der Waals surface area contributed by atoms with Crippen molar-refractivity contribution in [3.05, 3.63) is 35.4 Å². The number of rotatable bonds is 6. The molecule has 0 saturated heterocycles. The van der Waals surface area contributed by atoms with Crippen LogP contribution in [-0.4, -0.2) is 25.2 Å². The highest BCUT2D eigenvalue weighted by Crippen LogP contribution is 2.18. The van der Waals surface area contributed by atoms with Crippen molar-refractivity contribution in [2.45, 2.75) is 19.1 Å². The maximum absolute atomic E-state index is 10.7. The quantitative estimate of drug-likeness (QED) is 0.768. The molecule has 0 amide bonds. The lowest BCUT2D eigenvalue weighted by atomic mass is 10.0. The molecular weight excluding hydrogens is 206 g/mol. The van der Waals surface area contributed by atoms with Gasteiger partial charge in [-0.15, -0.1) is 0 Å². The summed E-state index contributed by atoms with van der Waals surface area (Å²) in [5.74, 6) is -0.809. The molecule has 1 aromatic rings. The van der Waals surface area contributed by atoms with Crippen molar-refractivity contribution in [1.29, 1.82) is 0 Å². The Morgan fingerprint density at radius 3 is 2.88 bits per heavy atom. The highest BCUT2D eigenvalue weighted by molar-refractivity contribution is 5.67. The summed E-state index contributed by atoms with van der Waals surface area (Å²) in [6, 6.07) is 7.60. The van der Waals surface area contributed by atoms with Gasteiger partial charge in [-0.1, -0.05) is 24.3 Å². The zero-order chi connectivity index (χ0) is 12.0. The fraction of sp³-hybridized carbons (Fsp3) is 0.417. The molecule has 0 aliphatic carbocycles. The van der Waals surface area contributed by atoms with Crippen LogP contribution in [0.15, 0.2) is 24.3 Å². The van der Waals surface area contributed by atoms with Gasteiger partial charge in [-0.05, 0) is 18.2 Å². The van der Waals surface area contributed by atoms with Gasteiger partial charge in [0.15, 0.2) is 0 Å². The molecule has 4 nitrogen and oxygen atoms in total. The zero-order valence-electron chi connectivity index (χ0n) is 9.56. The van der Waals surface area contributed by atoms with E-state index < -0.39 is 5.97 Å². The van der Waals surface area contributed by atoms with Crippen molar-refractivity contribution in [2.24, 2.45) is 0 Å². The van der Waals surface area contributed by atoms with Gasteiger partial charge in [0.25, 0.3) is 0 Å². The van der Waals surface area contributed by atoms with Crippen LogP contribution in [0.5, 0.6) is 0 Å². The van der Waals surface area contributed by atoms with Gasteiger partial charge < -0.3 is 15.2 Å². The predicted molar refractivity (Wildman–Crippen MR) is 61.2 cm³/mol. The molecule has 16 heavy (non-hydrogen) atoms. The van der Waals surface area contributed by atoms with E-state index in [1.807, 2.05) is 24.3 Å². The molecule has 1 rings (SSSR count). The van der Waals surface area contributed by atoms with E-state index in [4.69, 9.17) is 9.84 Å². The first-order valence-corrected chi connectivity index (χ1v) is 5.14. The Kier molecular flexibility index (Phi) is 4.95. The molecule has 0 fully saturated rings. The van der Waals surface area contributed by atoms with E-state index in [1.54, 1.807) is 14.2 Å². The van der Waals surface area contributed by atoms with Crippen LogP contribution < -0.4 is 5.32 Å². The minimum absolute atomic E-state index is 0.0763. The number of carbonyl (C=O) groups is 1. The van der Waals surface area contributed by atoms with Crippen LogP contribution in [0.1, 0.15) is 23.6 Å². The van der Waals surface area contributed by atoms with Gasteiger partial charge in [-0.3, -0.25) is 4.79 Å². The highest BCUT2D eigenvalue weighted by atomic mass is 16.5. The van der Waals surface area contributed by atoms with E-state index in [0.717, 1.165) is 11.1 Å². The van der Waals surface area contributed by atoms with Crippen LogP contribution in [0, 0.1) is 0 Å². The Morgan fingerprint density at radius 1 is 1.56 bits per heavy atom. The Bertz CT molecular complexity index is 352. The molecule has 0 radical (unpaired) electrons. The topological polar surface area (TPSA) is 58.6 Å². The highest BCUT2D eigenvalue weighted by Gasteiger charge is 2.13. The largest absolute Gasteiger partial charge is 0.481 e. The Hall–Kier alpha value is -1.39. The first-order chi connectivity index (χ1) is 7.67. The van der Waals surface area contributed by atoms with Crippen molar-refractivity contribution < 1.29 is 14.6 Å². The maximum Gasteiger partial charge on any atom is 0.305 e. The van der Waals surface area contributed by atoms with Gasteiger partial charge in [0.05, 0.1) is 13.0 Å². The molecule has 1 unspecified atom stereocenters. The first kappa shape index (κ1) is 12.7. The fourth-order valence-corrected chi connectivity index (χ4v) is 1.63. The SMILES string of the molecule is CNC(CC(=O)O)c1cccc(COC)c1. The van der Waals surface area contributed by atoms with Gasteiger partial charge in [0, 0.05) is 13.2 Å². The number of aliphatic carboxylic acids is 1. The van der Waals surface area contributed by atoms with Crippen LogP contribution in [0.3, 0.4) is 0 Å². The maximum atomic E-state index is 10.7. The van der Waals surface area contributed by atoms with Crippen LogP contribution in [-0.2, 0) is 16.1 Å². The summed E-state index contributed by atoms with van der Waals surface area (Å²) in [7, 11) is 3.40. The summed E-state index contributed by atoms with van der Waals surface area (Å²) >= 11 is 0. The van der Waals surface area contributed by atoms with Gasteiger partial charge in [0.2, 0.25) is 0 Å². The van der Waals surface area contributed by atoms with Gasteiger partial charge in [-0.25, -0.2) is 0 Å². The summed E-state index contributed by atoms with van der Waals surface area (Å²) in [4.78, 5) is 10.7. The number of carboxylic acid groups (broad SMARTS) is 1. The third kappa shape index (κ3) is 3.64. The number of ether oxygens (including phenoxy) is 1. The predicted octanol–water partition coefficient (Wildman–Crippen LogP) is 1.57. The monoisotopic (exact) mass is 223 g/mol. The molecule has 0 saturated carbocycles. The third-order valence-corrected chi connectivity index (χ3v) is 2.39. The first-order valence-electron chi connectivity index (χ1n) is 5.14. The molecule has 0 aliphatic rings. The van der Waals surface area contributed by atoms with E-state index >= 15 is 0 Å².